The van der Waals surface area contributed by atoms with Crippen LogP contribution in [0.25, 0.3) is 5.82 Å². The van der Waals surface area contributed by atoms with Crippen LogP contribution in [0.2, 0.25) is 0 Å². The first-order chi connectivity index (χ1) is 17.5. The number of halogens is 1. The standard InChI is InChI=1S/C27H21FN6O2/c1-18-29-13-14-34(18)26-16-25(30-17-31-26)32-21-7-9-22(10-8-21)33-27(35)19-3-2-4-24(15-19)36-23-11-5-20(28)6-12-23/h2-17H,1H3,(H,33,35)(H,30,31,32). The van der Waals surface area contributed by atoms with Crippen LogP contribution in [0.15, 0.2) is 97.6 Å². The number of anilines is 3. The molecule has 0 saturated carbocycles. The van der Waals surface area contributed by atoms with Gasteiger partial charge >= 0.3 is 0 Å². The van der Waals surface area contributed by atoms with Gasteiger partial charge in [-0.3, -0.25) is 9.36 Å². The Balaban J connectivity index is 1.23. The minimum atomic E-state index is -0.344. The van der Waals surface area contributed by atoms with Gasteiger partial charge in [0.2, 0.25) is 0 Å². The Bertz CT molecular complexity index is 1500. The van der Waals surface area contributed by atoms with E-state index in [2.05, 4.69) is 25.6 Å². The molecule has 2 heterocycles. The van der Waals surface area contributed by atoms with E-state index in [1.807, 2.05) is 35.9 Å². The van der Waals surface area contributed by atoms with Crippen LogP contribution < -0.4 is 15.4 Å². The number of hydrogen-bond donors (Lipinski definition) is 2. The predicted molar refractivity (Wildman–Crippen MR) is 134 cm³/mol. The maximum atomic E-state index is 13.1. The molecule has 3 aromatic carbocycles. The molecule has 0 saturated heterocycles. The number of nitrogens with one attached hydrogen (secondary N) is 2. The number of nitrogens with zero attached hydrogens (tertiary/aromatic N) is 4. The van der Waals surface area contributed by atoms with Gasteiger partial charge in [-0.2, -0.15) is 0 Å². The molecule has 0 bridgehead atoms. The molecular formula is C27H21FN6O2. The lowest BCUT2D eigenvalue weighted by Crippen LogP contribution is -2.11. The van der Waals surface area contributed by atoms with Gasteiger partial charge in [0.25, 0.3) is 5.91 Å². The van der Waals surface area contributed by atoms with E-state index in [1.165, 1.54) is 30.6 Å². The normalized spacial score (nSPS) is 10.6. The van der Waals surface area contributed by atoms with Crippen LogP contribution in [-0.2, 0) is 0 Å². The zero-order chi connectivity index (χ0) is 24.9. The molecule has 0 aliphatic heterocycles. The van der Waals surface area contributed by atoms with E-state index < -0.39 is 0 Å². The number of benzene rings is 3. The third-order valence-corrected chi connectivity index (χ3v) is 5.29. The molecule has 1 amide bonds. The monoisotopic (exact) mass is 480 g/mol. The molecule has 178 valence electrons. The largest absolute Gasteiger partial charge is 0.457 e. The molecule has 5 rings (SSSR count). The number of aromatic nitrogens is 4. The van der Waals surface area contributed by atoms with Gasteiger partial charge in [-0.15, -0.1) is 0 Å². The average Bonchev–Trinajstić information content (AvgIpc) is 3.33. The van der Waals surface area contributed by atoms with Crippen molar-refractivity contribution < 1.29 is 13.9 Å². The fourth-order valence-electron chi connectivity index (χ4n) is 3.49. The van der Waals surface area contributed by atoms with Crippen LogP contribution in [0, 0.1) is 12.7 Å². The quantitative estimate of drug-likeness (QED) is 0.301. The smallest absolute Gasteiger partial charge is 0.255 e. The summed E-state index contributed by atoms with van der Waals surface area (Å²) in [6.07, 6.45) is 5.04. The SMILES string of the molecule is Cc1nccn1-c1cc(Nc2ccc(NC(=O)c3cccc(Oc4ccc(F)cc4)c3)cc2)ncn1. The summed E-state index contributed by atoms with van der Waals surface area (Å²) in [6.45, 7) is 1.90. The number of ether oxygens (including phenoxy) is 1. The maximum Gasteiger partial charge on any atom is 0.255 e. The maximum absolute atomic E-state index is 13.1. The number of carbonyl (C=O) groups is 1. The van der Waals surface area contributed by atoms with E-state index in [-0.39, 0.29) is 11.7 Å². The molecule has 0 aliphatic carbocycles. The van der Waals surface area contributed by atoms with Gasteiger partial charge in [-0.05, 0) is 73.7 Å². The molecule has 0 spiro atoms. The second-order valence-electron chi connectivity index (χ2n) is 7.85. The first kappa shape index (κ1) is 22.7. The zero-order valence-corrected chi connectivity index (χ0v) is 19.2. The molecule has 0 fully saturated rings. The predicted octanol–water partition coefficient (Wildman–Crippen LogP) is 5.90. The third kappa shape index (κ3) is 5.36. The second kappa shape index (κ2) is 10.1. The van der Waals surface area contributed by atoms with Gasteiger partial charge in [0.05, 0.1) is 0 Å². The summed E-state index contributed by atoms with van der Waals surface area (Å²) >= 11 is 0. The average molecular weight is 481 g/mol. The van der Waals surface area contributed by atoms with Crippen molar-refractivity contribution in [3.05, 3.63) is 115 Å². The minimum Gasteiger partial charge on any atom is -0.457 e. The number of amides is 1. The Morgan fingerprint density at radius 1 is 0.889 bits per heavy atom. The highest BCUT2D eigenvalue weighted by Gasteiger charge is 2.09. The Labute approximate surface area is 206 Å². The lowest BCUT2D eigenvalue weighted by atomic mass is 10.2. The Morgan fingerprint density at radius 3 is 2.42 bits per heavy atom. The van der Waals surface area contributed by atoms with Gasteiger partial charge in [-0.1, -0.05) is 6.07 Å². The highest BCUT2D eigenvalue weighted by atomic mass is 19.1. The molecule has 0 atom stereocenters. The fourth-order valence-corrected chi connectivity index (χ4v) is 3.49. The van der Waals surface area contributed by atoms with E-state index in [1.54, 1.807) is 42.6 Å². The first-order valence-electron chi connectivity index (χ1n) is 11.1. The van der Waals surface area contributed by atoms with Crippen molar-refractivity contribution in [2.45, 2.75) is 6.92 Å². The van der Waals surface area contributed by atoms with E-state index in [0.29, 0.717) is 34.4 Å². The van der Waals surface area contributed by atoms with Gasteiger partial charge in [0, 0.05) is 35.4 Å². The molecule has 0 aliphatic rings. The molecule has 2 N–H and O–H groups in total. The van der Waals surface area contributed by atoms with Crippen molar-refractivity contribution in [2.75, 3.05) is 10.6 Å². The lowest BCUT2D eigenvalue weighted by Gasteiger charge is -2.10. The molecule has 9 heteroatoms. The van der Waals surface area contributed by atoms with Crippen molar-refractivity contribution in [1.29, 1.82) is 0 Å². The Kier molecular flexibility index (Phi) is 6.35. The summed E-state index contributed by atoms with van der Waals surface area (Å²) in [5, 5.41) is 6.11. The Morgan fingerprint density at radius 2 is 1.67 bits per heavy atom. The van der Waals surface area contributed by atoms with Gasteiger partial charge in [0.1, 0.15) is 41.1 Å². The van der Waals surface area contributed by atoms with E-state index in [9.17, 15) is 9.18 Å². The van der Waals surface area contributed by atoms with Crippen molar-refractivity contribution in [1.82, 2.24) is 19.5 Å². The number of aryl methyl sites for hydroxylation is 1. The van der Waals surface area contributed by atoms with Crippen molar-refractivity contribution >= 4 is 23.1 Å². The van der Waals surface area contributed by atoms with E-state index >= 15 is 0 Å². The van der Waals surface area contributed by atoms with Crippen molar-refractivity contribution in [3.8, 4) is 17.3 Å². The van der Waals surface area contributed by atoms with Crippen LogP contribution in [-0.4, -0.2) is 25.4 Å². The fraction of sp³-hybridized carbons (Fsp3) is 0.0370. The number of carbonyl (C=O) groups excluding carboxylic acids is 1. The molecule has 2 aromatic heterocycles. The number of rotatable bonds is 7. The summed E-state index contributed by atoms with van der Waals surface area (Å²) in [5.74, 6) is 2.49. The number of imidazole rings is 1. The van der Waals surface area contributed by atoms with Crippen LogP contribution in [0.1, 0.15) is 16.2 Å². The molecular weight excluding hydrogens is 459 g/mol. The third-order valence-electron chi connectivity index (χ3n) is 5.29. The molecule has 8 nitrogen and oxygen atoms in total. The van der Waals surface area contributed by atoms with E-state index in [0.717, 1.165) is 11.5 Å². The van der Waals surface area contributed by atoms with Gasteiger partial charge < -0.3 is 15.4 Å². The first-order valence-corrected chi connectivity index (χ1v) is 11.1. The van der Waals surface area contributed by atoms with Crippen LogP contribution >= 0.6 is 0 Å². The molecule has 0 unspecified atom stereocenters. The summed E-state index contributed by atoms with van der Waals surface area (Å²) in [7, 11) is 0. The molecule has 0 radical (unpaired) electrons. The Hall–Kier alpha value is -5.05. The lowest BCUT2D eigenvalue weighted by molar-refractivity contribution is 0.102. The van der Waals surface area contributed by atoms with Crippen LogP contribution in [0.4, 0.5) is 21.6 Å². The highest BCUT2D eigenvalue weighted by molar-refractivity contribution is 6.04. The summed E-state index contributed by atoms with van der Waals surface area (Å²) in [4.78, 5) is 25.5. The van der Waals surface area contributed by atoms with Crippen molar-refractivity contribution in [3.63, 3.8) is 0 Å². The van der Waals surface area contributed by atoms with Gasteiger partial charge in [-0.25, -0.2) is 19.3 Å². The summed E-state index contributed by atoms with van der Waals surface area (Å²) < 4.78 is 20.7. The highest BCUT2D eigenvalue weighted by Crippen LogP contribution is 2.24. The number of hydrogen-bond acceptors (Lipinski definition) is 6. The van der Waals surface area contributed by atoms with Crippen molar-refractivity contribution in [2.24, 2.45) is 0 Å². The van der Waals surface area contributed by atoms with Crippen LogP contribution in [0.5, 0.6) is 11.5 Å². The topological polar surface area (TPSA) is 94.0 Å². The van der Waals surface area contributed by atoms with E-state index in [4.69, 9.17) is 4.74 Å². The molecule has 36 heavy (non-hydrogen) atoms. The minimum absolute atomic E-state index is 0.281. The molecule has 5 aromatic rings. The van der Waals surface area contributed by atoms with Gasteiger partial charge in [0.15, 0.2) is 0 Å². The second-order valence-corrected chi connectivity index (χ2v) is 7.85. The van der Waals surface area contributed by atoms with Crippen LogP contribution in [0.3, 0.4) is 0 Å². The summed E-state index contributed by atoms with van der Waals surface area (Å²) in [6, 6.07) is 21.5. The summed E-state index contributed by atoms with van der Waals surface area (Å²) in [5.41, 5.74) is 1.86. The zero-order valence-electron chi connectivity index (χ0n) is 19.2.